The third kappa shape index (κ3) is 3.92. The lowest BCUT2D eigenvalue weighted by atomic mass is 10.3. The van der Waals surface area contributed by atoms with Gasteiger partial charge < -0.3 is 10.0 Å². The maximum atomic E-state index is 12.0. The summed E-state index contributed by atoms with van der Waals surface area (Å²) in [5, 5.41) is 9.33. The van der Waals surface area contributed by atoms with Gasteiger partial charge in [-0.2, -0.15) is 0 Å². The summed E-state index contributed by atoms with van der Waals surface area (Å²) in [5.41, 5.74) is 0.881. The molecule has 0 amide bonds. The molecule has 106 valence electrons. The summed E-state index contributed by atoms with van der Waals surface area (Å²) in [6, 6.07) is 6.81. The minimum absolute atomic E-state index is 0.114. The monoisotopic (exact) mass is 284 g/mol. The highest BCUT2D eigenvalue weighted by Gasteiger charge is 2.27. The summed E-state index contributed by atoms with van der Waals surface area (Å²) in [5.74, 6) is 0. The van der Waals surface area contributed by atoms with Crippen LogP contribution in [-0.2, 0) is 10.0 Å². The molecule has 5 nitrogen and oxygen atoms in total. The zero-order valence-corrected chi connectivity index (χ0v) is 12.0. The maximum absolute atomic E-state index is 12.0. The van der Waals surface area contributed by atoms with Gasteiger partial charge in [-0.15, -0.1) is 0 Å². The minimum Gasteiger partial charge on any atom is -0.392 e. The number of aliphatic hydroxyl groups is 1. The number of sulfonamides is 1. The molecule has 1 aromatic rings. The number of aliphatic hydroxyl groups excluding tert-OH is 1. The van der Waals surface area contributed by atoms with Gasteiger partial charge in [-0.3, -0.25) is 0 Å². The number of anilines is 1. The predicted octanol–water partition coefficient (Wildman–Crippen LogP) is 0.944. The molecule has 19 heavy (non-hydrogen) atoms. The number of nitrogens with zero attached hydrogens (tertiary/aromatic N) is 1. The first-order valence-corrected chi connectivity index (χ1v) is 7.88. The van der Waals surface area contributed by atoms with Crippen molar-refractivity contribution in [2.75, 3.05) is 18.5 Å². The van der Waals surface area contributed by atoms with Crippen LogP contribution in [-0.4, -0.2) is 39.3 Å². The third-order valence-electron chi connectivity index (χ3n) is 3.03. The average Bonchev–Trinajstić information content (AvgIpc) is 3.11. The second-order valence-electron chi connectivity index (χ2n) is 5.12. The van der Waals surface area contributed by atoms with E-state index in [4.69, 9.17) is 0 Å². The Balaban J connectivity index is 2.09. The van der Waals surface area contributed by atoms with E-state index in [0.29, 0.717) is 6.54 Å². The highest BCUT2D eigenvalue weighted by Crippen LogP contribution is 2.23. The maximum Gasteiger partial charge on any atom is 0.240 e. The van der Waals surface area contributed by atoms with Gasteiger partial charge in [0.25, 0.3) is 0 Å². The molecular formula is C13H20N2O3S. The van der Waals surface area contributed by atoms with Gasteiger partial charge >= 0.3 is 0 Å². The molecule has 2 N–H and O–H groups in total. The summed E-state index contributed by atoms with van der Waals surface area (Å²) in [6.45, 7) is 2.22. The second-order valence-corrected chi connectivity index (χ2v) is 6.83. The summed E-state index contributed by atoms with van der Waals surface area (Å²) in [6.07, 6.45) is 1.42. The normalized spacial score (nSPS) is 17.2. The molecule has 0 radical (unpaired) electrons. The Labute approximate surface area is 114 Å². The summed E-state index contributed by atoms with van der Waals surface area (Å²) in [7, 11) is -1.52. The first-order valence-electron chi connectivity index (χ1n) is 6.40. The van der Waals surface area contributed by atoms with E-state index in [1.165, 1.54) is 0 Å². The first kappa shape index (κ1) is 14.3. The quantitative estimate of drug-likeness (QED) is 0.816. The Bertz CT molecular complexity index is 521. The van der Waals surface area contributed by atoms with Crippen molar-refractivity contribution in [3.63, 3.8) is 0 Å². The van der Waals surface area contributed by atoms with Gasteiger partial charge in [0.05, 0.1) is 11.0 Å². The summed E-state index contributed by atoms with van der Waals surface area (Å²) >= 11 is 0. The molecule has 1 saturated carbocycles. The lowest BCUT2D eigenvalue weighted by molar-refractivity contribution is 0.201. The van der Waals surface area contributed by atoms with Gasteiger partial charge in [0.2, 0.25) is 10.0 Å². The van der Waals surface area contributed by atoms with Gasteiger partial charge in [-0.25, -0.2) is 13.1 Å². The topological polar surface area (TPSA) is 69.6 Å². The molecule has 1 fully saturated rings. The fourth-order valence-corrected chi connectivity index (χ4v) is 3.18. The van der Waals surface area contributed by atoms with Crippen LogP contribution in [0.4, 0.5) is 5.69 Å². The van der Waals surface area contributed by atoms with Crippen molar-refractivity contribution in [2.45, 2.75) is 36.8 Å². The van der Waals surface area contributed by atoms with Crippen LogP contribution >= 0.6 is 0 Å². The molecule has 1 aromatic carbocycles. The standard InChI is InChI=1S/C13H20N2O3S/c1-10(16)9-15(2)12-5-7-13(8-6-12)19(17,18)14-11-3-4-11/h5-8,10-11,14,16H,3-4,9H2,1-2H3. The number of hydrogen-bond acceptors (Lipinski definition) is 4. The molecule has 2 rings (SSSR count). The average molecular weight is 284 g/mol. The molecule has 1 aliphatic carbocycles. The van der Waals surface area contributed by atoms with E-state index in [9.17, 15) is 13.5 Å². The smallest absolute Gasteiger partial charge is 0.240 e. The molecule has 1 aliphatic rings. The Hall–Kier alpha value is -1.11. The molecule has 6 heteroatoms. The Kier molecular flexibility index (Phi) is 4.13. The number of hydrogen-bond donors (Lipinski definition) is 2. The minimum atomic E-state index is -3.38. The fourth-order valence-electron chi connectivity index (χ4n) is 1.87. The van der Waals surface area contributed by atoms with Crippen LogP contribution in [0.1, 0.15) is 19.8 Å². The molecule has 0 aliphatic heterocycles. The number of benzene rings is 1. The van der Waals surface area contributed by atoms with Gasteiger partial charge in [-0.1, -0.05) is 0 Å². The number of rotatable bonds is 6. The first-order chi connectivity index (χ1) is 8.88. The van der Waals surface area contributed by atoms with E-state index in [2.05, 4.69) is 4.72 Å². The van der Waals surface area contributed by atoms with Gasteiger partial charge in [-0.05, 0) is 44.0 Å². The largest absolute Gasteiger partial charge is 0.392 e. The fraction of sp³-hybridized carbons (Fsp3) is 0.538. The van der Waals surface area contributed by atoms with Crippen LogP contribution in [0.5, 0.6) is 0 Å². The summed E-state index contributed by atoms with van der Waals surface area (Å²) in [4.78, 5) is 2.17. The van der Waals surface area contributed by atoms with Gasteiger partial charge in [0.15, 0.2) is 0 Å². The Morgan fingerprint density at radius 1 is 1.37 bits per heavy atom. The van der Waals surface area contributed by atoms with E-state index >= 15 is 0 Å². The van der Waals surface area contributed by atoms with Crippen molar-refractivity contribution in [3.8, 4) is 0 Å². The molecule has 1 atom stereocenters. The Morgan fingerprint density at radius 2 is 1.95 bits per heavy atom. The van der Waals surface area contributed by atoms with Gasteiger partial charge in [0, 0.05) is 25.3 Å². The van der Waals surface area contributed by atoms with Gasteiger partial charge in [0.1, 0.15) is 0 Å². The highest BCUT2D eigenvalue weighted by molar-refractivity contribution is 7.89. The zero-order valence-electron chi connectivity index (χ0n) is 11.2. The van der Waals surface area contributed by atoms with E-state index < -0.39 is 16.1 Å². The lowest BCUT2D eigenvalue weighted by Crippen LogP contribution is -2.27. The number of likely N-dealkylation sites (N-methyl/N-ethyl adjacent to an activating group) is 1. The molecule has 0 aromatic heterocycles. The predicted molar refractivity (Wildman–Crippen MR) is 74.7 cm³/mol. The SMILES string of the molecule is CC(O)CN(C)c1ccc(S(=O)(=O)NC2CC2)cc1. The molecule has 0 saturated heterocycles. The van der Waals surface area contributed by atoms with Crippen LogP contribution in [0.3, 0.4) is 0 Å². The highest BCUT2D eigenvalue weighted by atomic mass is 32.2. The van der Waals surface area contributed by atoms with Crippen molar-refractivity contribution in [3.05, 3.63) is 24.3 Å². The van der Waals surface area contributed by atoms with Crippen molar-refractivity contribution >= 4 is 15.7 Å². The van der Waals surface area contributed by atoms with E-state index in [1.54, 1.807) is 31.2 Å². The van der Waals surface area contributed by atoms with E-state index in [0.717, 1.165) is 18.5 Å². The molecule has 0 bridgehead atoms. The third-order valence-corrected chi connectivity index (χ3v) is 4.56. The van der Waals surface area contributed by atoms with Crippen LogP contribution in [0, 0.1) is 0 Å². The zero-order chi connectivity index (χ0) is 14.0. The molecular weight excluding hydrogens is 264 g/mol. The molecule has 0 spiro atoms. The van der Waals surface area contributed by atoms with Crippen LogP contribution in [0.15, 0.2) is 29.2 Å². The molecule has 0 heterocycles. The van der Waals surface area contributed by atoms with Crippen molar-refractivity contribution in [2.24, 2.45) is 0 Å². The van der Waals surface area contributed by atoms with Crippen LogP contribution in [0.25, 0.3) is 0 Å². The van der Waals surface area contributed by atoms with Crippen molar-refractivity contribution in [1.29, 1.82) is 0 Å². The van der Waals surface area contributed by atoms with E-state index in [1.807, 2.05) is 11.9 Å². The Morgan fingerprint density at radius 3 is 2.42 bits per heavy atom. The lowest BCUT2D eigenvalue weighted by Gasteiger charge is -2.21. The van der Waals surface area contributed by atoms with Crippen molar-refractivity contribution in [1.82, 2.24) is 4.72 Å². The molecule has 1 unspecified atom stereocenters. The van der Waals surface area contributed by atoms with Crippen molar-refractivity contribution < 1.29 is 13.5 Å². The van der Waals surface area contributed by atoms with E-state index in [-0.39, 0.29) is 10.9 Å². The summed E-state index contributed by atoms with van der Waals surface area (Å²) < 4.78 is 26.6. The second kappa shape index (κ2) is 5.48. The van der Waals surface area contributed by atoms with Crippen LogP contribution in [0.2, 0.25) is 0 Å². The number of nitrogens with one attached hydrogen (secondary N) is 1. The van der Waals surface area contributed by atoms with Crippen LogP contribution < -0.4 is 9.62 Å².